The van der Waals surface area contributed by atoms with Crippen LogP contribution in [0.25, 0.3) is 0 Å². The number of hydrogen-bond donors (Lipinski definition) is 2. The molecule has 1 aromatic rings. The lowest BCUT2D eigenvalue weighted by molar-refractivity contribution is -0.138. The Bertz CT molecular complexity index is 860. The first-order chi connectivity index (χ1) is 16.7. The van der Waals surface area contributed by atoms with Crippen LogP contribution in [-0.4, -0.2) is 70.8 Å². The maximum absolute atomic E-state index is 13.7. The third kappa shape index (κ3) is 7.29. The van der Waals surface area contributed by atoms with E-state index >= 15 is 0 Å². The number of hydrogen-bond acceptors (Lipinski definition) is 5. The lowest BCUT2D eigenvalue weighted by atomic mass is 9.73. The number of likely N-dealkylation sites (tertiary alicyclic amines) is 1. The van der Waals surface area contributed by atoms with Gasteiger partial charge in [-0.05, 0) is 57.9 Å². The van der Waals surface area contributed by atoms with Crippen LogP contribution in [0, 0.1) is 11.3 Å². The smallest absolute Gasteiger partial charge is 0.274 e. The van der Waals surface area contributed by atoms with Gasteiger partial charge in [0.2, 0.25) is 11.8 Å². The Morgan fingerprint density at radius 1 is 1.17 bits per heavy atom. The molecule has 35 heavy (non-hydrogen) atoms. The molecule has 2 aliphatic rings. The normalized spacial score (nSPS) is 24.7. The molecule has 0 aromatic carbocycles. The van der Waals surface area contributed by atoms with Gasteiger partial charge in [0, 0.05) is 38.5 Å². The number of aromatic nitrogens is 2. The summed E-state index contributed by atoms with van der Waals surface area (Å²) in [5.74, 6) is -0.0394. The van der Waals surface area contributed by atoms with E-state index < -0.39 is 11.5 Å². The van der Waals surface area contributed by atoms with Crippen molar-refractivity contribution in [2.45, 2.75) is 91.3 Å². The van der Waals surface area contributed by atoms with Gasteiger partial charge in [-0.25, -0.2) is 0 Å². The summed E-state index contributed by atoms with van der Waals surface area (Å²) in [4.78, 5) is 41.6. The highest BCUT2D eigenvalue weighted by molar-refractivity contribution is 5.93. The van der Waals surface area contributed by atoms with Gasteiger partial charge in [0.25, 0.3) is 5.91 Å². The number of ether oxygens (including phenoxy) is 1. The molecule has 0 unspecified atom stereocenters. The number of carbonyl (C=O) groups is 3. The number of rotatable bonds is 4. The van der Waals surface area contributed by atoms with Gasteiger partial charge < -0.3 is 20.3 Å². The molecule has 3 amide bonds. The zero-order valence-electron chi connectivity index (χ0n) is 21.8. The Labute approximate surface area is 209 Å². The predicted octanol–water partition coefficient (Wildman–Crippen LogP) is 2.75. The first-order valence-electron chi connectivity index (χ1n) is 13.3. The monoisotopic (exact) mass is 489 g/mol. The second kappa shape index (κ2) is 12.5. The molecular weight excluding hydrogens is 446 g/mol. The second-order valence-corrected chi connectivity index (χ2v) is 10.6. The van der Waals surface area contributed by atoms with Crippen molar-refractivity contribution in [1.82, 2.24) is 25.3 Å². The van der Waals surface area contributed by atoms with Gasteiger partial charge in [-0.3, -0.25) is 19.1 Å². The zero-order chi connectivity index (χ0) is 25.4. The Hall–Kier alpha value is -2.42. The van der Waals surface area contributed by atoms with Crippen LogP contribution >= 0.6 is 0 Å². The van der Waals surface area contributed by atoms with E-state index in [1.54, 1.807) is 15.6 Å². The molecule has 9 heteroatoms. The van der Waals surface area contributed by atoms with Crippen molar-refractivity contribution in [3.8, 4) is 0 Å². The summed E-state index contributed by atoms with van der Waals surface area (Å²) in [6.45, 7) is 10.9. The molecule has 3 heterocycles. The molecule has 2 saturated heterocycles. The molecule has 196 valence electrons. The van der Waals surface area contributed by atoms with Crippen molar-refractivity contribution < 1.29 is 19.1 Å². The SMILES string of the molecule is CCn1ccc(C(=O)N2CCC3(CCCCCOC[C@@H](C)NC(=O)[C@H](CC(C)C)NC3=O)CC2)n1. The standard InChI is InChI=1S/C26H43N5O4/c1-5-31-13-9-21(29-31)24(33)30-14-11-26(12-15-30)10-7-6-8-16-35-18-20(4)27-23(32)22(17-19(2)3)28-25(26)34/h9,13,19-20,22H,5-8,10-12,14-18H2,1-4H3,(H,27,32)(H,28,34)/t20-,22+/m1/s1. The van der Waals surface area contributed by atoms with Gasteiger partial charge in [0.15, 0.2) is 0 Å². The van der Waals surface area contributed by atoms with Crippen molar-refractivity contribution in [2.24, 2.45) is 11.3 Å². The first-order valence-corrected chi connectivity index (χ1v) is 13.3. The average Bonchev–Trinajstić information content (AvgIpc) is 3.31. The fourth-order valence-electron chi connectivity index (χ4n) is 5.05. The minimum atomic E-state index is -0.581. The molecule has 9 nitrogen and oxygen atoms in total. The van der Waals surface area contributed by atoms with E-state index in [1.807, 2.05) is 20.0 Å². The van der Waals surface area contributed by atoms with E-state index in [2.05, 4.69) is 29.6 Å². The van der Waals surface area contributed by atoms with Gasteiger partial charge >= 0.3 is 0 Å². The number of amides is 3. The summed E-state index contributed by atoms with van der Waals surface area (Å²) in [6, 6.07) is 1.06. The van der Waals surface area contributed by atoms with Gasteiger partial charge in [-0.2, -0.15) is 5.10 Å². The lowest BCUT2D eigenvalue weighted by Gasteiger charge is -2.41. The van der Waals surface area contributed by atoms with Gasteiger partial charge in [0.05, 0.1) is 12.0 Å². The van der Waals surface area contributed by atoms with E-state index in [-0.39, 0.29) is 29.7 Å². The summed E-state index contributed by atoms with van der Waals surface area (Å²) in [5.41, 5.74) is -0.132. The molecule has 1 spiro atoms. The maximum atomic E-state index is 13.7. The number of carbonyl (C=O) groups excluding carboxylic acids is 3. The van der Waals surface area contributed by atoms with Crippen LogP contribution in [-0.2, 0) is 20.9 Å². The van der Waals surface area contributed by atoms with Crippen LogP contribution in [0.2, 0.25) is 0 Å². The van der Waals surface area contributed by atoms with Crippen molar-refractivity contribution in [3.05, 3.63) is 18.0 Å². The highest BCUT2D eigenvalue weighted by Crippen LogP contribution is 2.38. The maximum Gasteiger partial charge on any atom is 0.274 e. The van der Waals surface area contributed by atoms with E-state index in [9.17, 15) is 14.4 Å². The largest absolute Gasteiger partial charge is 0.379 e. The number of aryl methyl sites for hydroxylation is 1. The molecule has 0 aliphatic carbocycles. The number of nitrogens with zero attached hydrogens (tertiary/aromatic N) is 3. The molecule has 2 aliphatic heterocycles. The van der Waals surface area contributed by atoms with Crippen molar-refractivity contribution in [3.63, 3.8) is 0 Å². The first kappa shape index (κ1) is 27.2. The zero-order valence-corrected chi connectivity index (χ0v) is 21.8. The third-order valence-electron chi connectivity index (χ3n) is 7.20. The number of nitrogens with one attached hydrogen (secondary N) is 2. The molecule has 2 atom stereocenters. The summed E-state index contributed by atoms with van der Waals surface area (Å²) >= 11 is 0. The Morgan fingerprint density at radius 3 is 2.57 bits per heavy atom. The third-order valence-corrected chi connectivity index (χ3v) is 7.20. The van der Waals surface area contributed by atoms with Gasteiger partial charge in [0.1, 0.15) is 11.7 Å². The Kier molecular flexibility index (Phi) is 9.71. The van der Waals surface area contributed by atoms with Crippen LogP contribution in [0.5, 0.6) is 0 Å². The fourth-order valence-corrected chi connectivity index (χ4v) is 5.05. The minimum absolute atomic E-state index is 0.0541. The van der Waals surface area contributed by atoms with Gasteiger partial charge in [-0.15, -0.1) is 0 Å². The van der Waals surface area contributed by atoms with E-state index in [0.717, 1.165) is 25.7 Å². The molecule has 0 saturated carbocycles. The second-order valence-electron chi connectivity index (χ2n) is 10.6. The average molecular weight is 490 g/mol. The molecule has 2 fully saturated rings. The van der Waals surface area contributed by atoms with Crippen LogP contribution in [0.3, 0.4) is 0 Å². The van der Waals surface area contributed by atoms with Crippen molar-refractivity contribution >= 4 is 17.7 Å². The summed E-state index contributed by atoms with van der Waals surface area (Å²) in [6.07, 6.45) is 7.14. The molecular formula is C26H43N5O4. The van der Waals surface area contributed by atoms with Crippen molar-refractivity contribution in [2.75, 3.05) is 26.3 Å². The molecule has 0 radical (unpaired) electrons. The molecule has 0 bridgehead atoms. The predicted molar refractivity (Wildman–Crippen MR) is 134 cm³/mol. The van der Waals surface area contributed by atoms with E-state index in [4.69, 9.17) is 4.74 Å². The van der Waals surface area contributed by atoms with E-state index in [1.165, 1.54) is 0 Å². The Balaban J connectivity index is 1.74. The van der Waals surface area contributed by atoms with Crippen LogP contribution in [0.4, 0.5) is 0 Å². The Morgan fingerprint density at radius 2 is 1.91 bits per heavy atom. The van der Waals surface area contributed by atoms with Crippen molar-refractivity contribution in [1.29, 1.82) is 0 Å². The topological polar surface area (TPSA) is 106 Å². The lowest BCUT2D eigenvalue weighted by Crippen LogP contribution is -2.56. The highest BCUT2D eigenvalue weighted by atomic mass is 16.5. The highest BCUT2D eigenvalue weighted by Gasteiger charge is 2.43. The minimum Gasteiger partial charge on any atom is -0.379 e. The van der Waals surface area contributed by atoms with Crippen LogP contribution in [0.15, 0.2) is 12.3 Å². The van der Waals surface area contributed by atoms with Crippen LogP contribution < -0.4 is 10.6 Å². The number of piperidine rings is 1. The molecule has 2 N–H and O–H groups in total. The van der Waals surface area contributed by atoms with Crippen LogP contribution in [0.1, 0.15) is 83.1 Å². The fraction of sp³-hybridized carbons (Fsp3) is 0.769. The van der Waals surface area contributed by atoms with E-state index in [0.29, 0.717) is 57.8 Å². The summed E-state index contributed by atoms with van der Waals surface area (Å²) < 4.78 is 7.50. The molecule has 3 rings (SSSR count). The quantitative estimate of drug-likeness (QED) is 0.677. The summed E-state index contributed by atoms with van der Waals surface area (Å²) in [7, 11) is 0. The molecule has 1 aromatic heterocycles. The summed E-state index contributed by atoms with van der Waals surface area (Å²) in [5, 5.41) is 10.5. The van der Waals surface area contributed by atoms with Gasteiger partial charge in [-0.1, -0.05) is 26.7 Å².